The van der Waals surface area contributed by atoms with E-state index in [0.717, 1.165) is 50.6 Å². The lowest BCUT2D eigenvalue weighted by atomic mass is 9.83. The predicted molar refractivity (Wildman–Crippen MR) is 142 cm³/mol. The van der Waals surface area contributed by atoms with E-state index in [0.29, 0.717) is 18.1 Å². The molecule has 1 N–H and O–H groups in total. The molecule has 0 unspecified atom stereocenters. The summed E-state index contributed by atoms with van der Waals surface area (Å²) in [5.74, 6) is 0.299. The first-order valence-electron chi connectivity index (χ1n) is 13.4. The zero-order chi connectivity index (χ0) is 26.6. The maximum absolute atomic E-state index is 14.4. The zero-order valence-corrected chi connectivity index (χ0v) is 22.4. The lowest BCUT2D eigenvalue weighted by molar-refractivity contribution is -0.136. The summed E-state index contributed by atoms with van der Waals surface area (Å²) < 4.78 is 19.9. The number of carbonyl (C=O) groups excluding carboxylic acids is 2. The second-order valence-corrected chi connectivity index (χ2v) is 11.1. The normalized spacial score (nSPS) is 19.4. The minimum Gasteiger partial charge on any atom is -0.444 e. The van der Waals surface area contributed by atoms with Crippen LogP contribution in [0.4, 0.5) is 20.7 Å². The van der Waals surface area contributed by atoms with Crippen LogP contribution < -0.4 is 10.2 Å². The van der Waals surface area contributed by atoms with E-state index in [-0.39, 0.29) is 23.7 Å². The maximum Gasteiger partial charge on any atom is 0.408 e. The van der Waals surface area contributed by atoms with Gasteiger partial charge in [-0.2, -0.15) is 0 Å². The third kappa shape index (κ3) is 6.59. The molecule has 2 aromatic rings. The smallest absolute Gasteiger partial charge is 0.408 e. The van der Waals surface area contributed by atoms with Crippen molar-refractivity contribution in [2.24, 2.45) is 5.92 Å². The monoisotopic (exact) mass is 510 g/mol. The fourth-order valence-electron chi connectivity index (χ4n) is 5.46. The van der Waals surface area contributed by atoms with E-state index in [4.69, 9.17) is 9.72 Å². The number of nitrogens with zero attached hydrogens (tertiary/aromatic N) is 3. The third-order valence-electron chi connectivity index (χ3n) is 7.25. The molecule has 2 fully saturated rings. The van der Waals surface area contributed by atoms with E-state index in [9.17, 15) is 14.0 Å². The molecule has 4 rings (SSSR count). The van der Waals surface area contributed by atoms with Crippen LogP contribution in [0.25, 0.3) is 0 Å². The third-order valence-corrected chi connectivity index (χ3v) is 7.25. The first-order valence-corrected chi connectivity index (χ1v) is 13.4. The molecule has 8 heteroatoms. The van der Waals surface area contributed by atoms with Crippen LogP contribution in [-0.4, -0.2) is 47.1 Å². The number of hydrogen-bond donors (Lipinski definition) is 1. The van der Waals surface area contributed by atoms with Crippen molar-refractivity contribution in [2.45, 2.75) is 83.4 Å². The molecule has 1 aliphatic carbocycles. The van der Waals surface area contributed by atoms with E-state index < -0.39 is 17.7 Å². The average Bonchev–Trinajstić information content (AvgIpc) is 3.36. The number of para-hydroxylation sites is 1. The van der Waals surface area contributed by atoms with Crippen LogP contribution in [0.15, 0.2) is 42.5 Å². The van der Waals surface area contributed by atoms with Gasteiger partial charge in [-0.05, 0) is 76.6 Å². The van der Waals surface area contributed by atoms with Gasteiger partial charge in [-0.15, -0.1) is 0 Å². The number of amides is 2. The Bertz CT molecular complexity index is 1100. The summed E-state index contributed by atoms with van der Waals surface area (Å²) in [5.41, 5.74) is 0.561. The first-order chi connectivity index (χ1) is 17.6. The van der Waals surface area contributed by atoms with Gasteiger partial charge in [0.15, 0.2) is 0 Å². The molecule has 1 saturated carbocycles. The average molecular weight is 511 g/mol. The number of pyridine rings is 1. The molecule has 0 bridgehead atoms. The van der Waals surface area contributed by atoms with Gasteiger partial charge >= 0.3 is 6.09 Å². The fraction of sp³-hybridized carbons (Fsp3) is 0.552. The minimum atomic E-state index is -0.644. The molecule has 2 atom stereocenters. The SMILES string of the molecule is CN(c1cccc([C@@H]2CCCN2C(=O)[C@@H](NC(=O)OC(C)(C)C)C2CCCCC2)n1)c1ccccc1F. The van der Waals surface area contributed by atoms with E-state index >= 15 is 0 Å². The van der Waals surface area contributed by atoms with Gasteiger partial charge in [-0.3, -0.25) is 4.79 Å². The fourth-order valence-corrected chi connectivity index (χ4v) is 5.46. The second kappa shape index (κ2) is 11.5. The highest BCUT2D eigenvalue weighted by atomic mass is 19.1. The van der Waals surface area contributed by atoms with Gasteiger partial charge in [0.25, 0.3) is 0 Å². The van der Waals surface area contributed by atoms with E-state index in [1.54, 1.807) is 30.1 Å². The van der Waals surface area contributed by atoms with Crippen LogP contribution in [0.5, 0.6) is 0 Å². The van der Waals surface area contributed by atoms with Gasteiger partial charge in [0.1, 0.15) is 23.3 Å². The van der Waals surface area contributed by atoms with Crippen molar-refractivity contribution in [3.05, 3.63) is 54.0 Å². The molecule has 200 valence electrons. The van der Waals surface area contributed by atoms with Crippen molar-refractivity contribution < 1.29 is 18.7 Å². The molecule has 2 aliphatic rings. The lowest BCUT2D eigenvalue weighted by Gasteiger charge is -2.35. The Morgan fingerprint density at radius 3 is 2.49 bits per heavy atom. The Morgan fingerprint density at radius 1 is 1.05 bits per heavy atom. The molecule has 1 aliphatic heterocycles. The van der Waals surface area contributed by atoms with Gasteiger partial charge in [-0.25, -0.2) is 14.2 Å². The first kappa shape index (κ1) is 26.9. The predicted octanol–water partition coefficient (Wildman–Crippen LogP) is 6.13. The van der Waals surface area contributed by atoms with Crippen molar-refractivity contribution in [3.8, 4) is 0 Å². The Balaban J connectivity index is 1.56. The van der Waals surface area contributed by atoms with Crippen LogP contribution in [0.3, 0.4) is 0 Å². The Morgan fingerprint density at radius 2 is 1.78 bits per heavy atom. The summed E-state index contributed by atoms with van der Waals surface area (Å²) in [6, 6.07) is 11.4. The molecule has 2 amide bonds. The largest absolute Gasteiger partial charge is 0.444 e. The van der Waals surface area contributed by atoms with Crippen molar-refractivity contribution in [1.29, 1.82) is 0 Å². The van der Waals surface area contributed by atoms with Crippen molar-refractivity contribution in [1.82, 2.24) is 15.2 Å². The molecule has 1 aromatic heterocycles. The van der Waals surface area contributed by atoms with Crippen LogP contribution in [0.1, 0.15) is 77.5 Å². The molecule has 1 saturated heterocycles. The van der Waals surface area contributed by atoms with Crippen LogP contribution in [0.2, 0.25) is 0 Å². The molecule has 7 nitrogen and oxygen atoms in total. The second-order valence-electron chi connectivity index (χ2n) is 11.1. The number of aromatic nitrogens is 1. The minimum absolute atomic E-state index is 0.0741. The summed E-state index contributed by atoms with van der Waals surface area (Å²) in [5, 5.41) is 2.93. The molecule has 0 radical (unpaired) electrons. The Labute approximate surface area is 219 Å². The summed E-state index contributed by atoms with van der Waals surface area (Å²) in [4.78, 5) is 35.1. The number of anilines is 2. The summed E-state index contributed by atoms with van der Waals surface area (Å²) in [6.07, 6.45) is 6.17. The number of ether oxygens (including phenoxy) is 1. The molecule has 1 aromatic carbocycles. The Kier molecular flexibility index (Phi) is 8.35. The van der Waals surface area contributed by atoms with E-state index in [1.165, 1.54) is 6.07 Å². The van der Waals surface area contributed by atoms with Crippen LogP contribution in [0, 0.1) is 11.7 Å². The number of carbonyl (C=O) groups is 2. The highest BCUT2D eigenvalue weighted by Crippen LogP contribution is 2.35. The number of hydrogen-bond acceptors (Lipinski definition) is 5. The quantitative estimate of drug-likeness (QED) is 0.506. The number of nitrogens with one attached hydrogen (secondary N) is 1. The van der Waals surface area contributed by atoms with Gasteiger partial charge in [0.2, 0.25) is 5.91 Å². The molecule has 2 heterocycles. The topological polar surface area (TPSA) is 74.8 Å². The lowest BCUT2D eigenvalue weighted by Crippen LogP contribution is -2.53. The van der Waals surface area contributed by atoms with Gasteiger partial charge in [0, 0.05) is 13.6 Å². The van der Waals surface area contributed by atoms with Crippen molar-refractivity contribution in [2.75, 3.05) is 18.5 Å². The number of alkyl carbamates (subject to hydrolysis) is 1. The number of rotatable bonds is 6. The molecular weight excluding hydrogens is 471 g/mol. The summed E-state index contributed by atoms with van der Waals surface area (Å²) in [7, 11) is 1.78. The molecule has 37 heavy (non-hydrogen) atoms. The number of halogens is 1. The molecular formula is C29H39FN4O3. The van der Waals surface area contributed by atoms with Crippen molar-refractivity contribution in [3.63, 3.8) is 0 Å². The van der Waals surface area contributed by atoms with Crippen LogP contribution >= 0.6 is 0 Å². The zero-order valence-electron chi connectivity index (χ0n) is 22.4. The summed E-state index contributed by atoms with van der Waals surface area (Å²) in [6.45, 7) is 6.06. The highest BCUT2D eigenvalue weighted by Gasteiger charge is 2.40. The highest BCUT2D eigenvalue weighted by molar-refractivity contribution is 5.86. The van der Waals surface area contributed by atoms with Gasteiger partial charge in [-0.1, -0.05) is 37.5 Å². The van der Waals surface area contributed by atoms with Gasteiger partial charge < -0.3 is 19.9 Å². The number of benzene rings is 1. The Hall–Kier alpha value is -3.16. The van der Waals surface area contributed by atoms with Gasteiger partial charge in [0.05, 0.1) is 17.4 Å². The standard InChI is InChI=1S/C29H39FN4O3/c1-29(2,3)37-28(36)32-26(20-12-6-5-7-13-20)27(35)34-19-11-17-24(34)22-15-10-18-25(31-22)33(4)23-16-9-8-14-21(23)30/h8-10,14-16,18,20,24,26H,5-7,11-13,17,19H2,1-4H3,(H,32,36)/t24-,26-/m0/s1. The van der Waals surface area contributed by atoms with Crippen molar-refractivity contribution >= 4 is 23.5 Å². The number of likely N-dealkylation sites (tertiary alicyclic amines) is 1. The molecule has 0 spiro atoms. The van der Waals surface area contributed by atoms with E-state index in [1.807, 2.05) is 43.9 Å². The van der Waals surface area contributed by atoms with Crippen LogP contribution in [-0.2, 0) is 9.53 Å². The summed E-state index contributed by atoms with van der Waals surface area (Å²) >= 11 is 0. The maximum atomic E-state index is 14.4. The van der Waals surface area contributed by atoms with E-state index in [2.05, 4.69) is 5.32 Å².